The summed E-state index contributed by atoms with van der Waals surface area (Å²) in [5.41, 5.74) is 0.720. The van der Waals surface area contributed by atoms with E-state index in [1.165, 1.54) is 10.7 Å². The third-order valence-electron chi connectivity index (χ3n) is 4.25. The molecule has 0 radical (unpaired) electrons. The monoisotopic (exact) mass is 343 g/mol. The molecule has 0 spiro atoms. The van der Waals surface area contributed by atoms with Gasteiger partial charge >= 0.3 is 0 Å². The average Bonchev–Trinajstić information content (AvgIpc) is 2.96. The van der Waals surface area contributed by atoms with Gasteiger partial charge in [-0.3, -0.25) is 4.79 Å². The standard InChI is InChI=1S/C15H25N3O4S/c1-3-4-9-23(20,21)18-7-5-13(6-8-18)15(19)16-10-14-12(2)22-11-17-14/h11,13H,3-10H2,1-2H3,(H,16,19). The zero-order valence-corrected chi connectivity index (χ0v) is 14.6. The van der Waals surface area contributed by atoms with Gasteiger partial charge in [0.05, 0.1) is 12.3 Å². The van der Waals surface area contributed by atoms with E-state index >= 15 is 0 Å². The number of carbonyl (C=O) groups excluding carboxylic acids is 1. The minimum absolute atomic E-state index is 0.0435. The summed E-state index contributed by atoms with van der Waals surface area (Å²) < 4.78 is 30.9. The number of carbonyl (C=O) groups is 1. The smallest absolute Gasteiger partial charge is 0.223 e. The summed E-state index contributed by atoms with van der Waals surface area (Å²) >= 11 is 0. The van der Waals surface area contributed by atoms with Crippen molar-refractivity contribution in [3.63, 3.8) is 0 Å². The fourth-order valence-electron chi connectivity index (χ4n) is 2.67. The van der Waals surface area contributed by atoms with Gasteiger partial charge < -0.3 is 9.73 Å². The topological polar surface area (TPSA) is 92.5 Å². The first-order valence-electron chi connectivity index (χ1n) is 8.08. The molecular formula is C15H25N3O4S. The molecule has 1 N–H and O–H groups in total. The van der Waals surface area contributed by atoms with Crippen LogP contribution in [-0.4, -0.2) is 42.5 Å². The van der Waals surface area contributed by atoms with Crippen molar-refractivity contribution < 1.29 is 17.6 Å². The molecule has 7 nitrogen and oxygen atoms in total. The molecule has 1 aliphatic rings. The number of unbranched alkanes of at least 4 members (excludes halogenated alkanes) is 1. The lowest BCUT2D eigenvalue weighted by atomic mass is 9.97. The van der Waals surface area contributed by atoms with Gasteiger partial charge in [0.1, 0.15) is 11.5 Å². The Morgan fingerprint density at radius 1 is 1.43 bits per heavy atom. The van der Waals surface area contributed by atoms with Gasteiger partial charge in [0.25, 0.3) is 0 Å². The van der Waals surface area contributed by atoms with Crippen molar-refractivity contribution in [2.24, 2.45) is 5.92 Å². The van der Waals surface area contributed by atoms with Crippen LogP contribution < -0.4 is 5.32 Å². The first-order chi connectivity index (χ1) is 10.9. The van der Waals surface area contributed by atoms with E-state index in [1.807, 2.05) is 6.92 Å². The molecule has 8 heteroatoms. The van der Waals surface area contributed by atoms with Crippen LogP contribution in [0.3, 0.4) is 0 Å². The normalized spacial score (nSPS) is 17.3. The number of piperidine rings is 1. The summed E-state index contributed by atoms with van der Waals surface area (Å²) in [6.07, 6.45) is 4.03. The molecule has 0 aromatic carbocycles. The van der Waals surface area contributed by atoms with E-state index in [9.17, 15) is 13.2 Å². The highest BCUT2D eigenvalue weighted by molar-refractivity contribution is 7.89. The first kappa shape index (κ1) is 17.9. The van der Waals surface area contributed by atoms with Crippen molar-refractivity contribution in [1.82, 2.24) is 14.6 Å². The Morgan fingerprint density at radius 2 is 2.13 bits per heavy atom. The SMILES string of the molecule is CCCCS(=O)(=O)N1CCC(C(=O)NCc2ncoc2C)CC1. The summed E-state index contributed by atoms with van der Waals surface area (Å²) in [4.78, 5) is 16.2. The van der Waals surface area contributed by atoms with E-state index < -0.39 is 10.0 Å². The highest BCUT2D eigenvalue weighted by atomic mass is 32.2. The van der Waals surface area contributed by atoms with Crippen LogP contribution in [0, 0.1) is 12.8 Å². The molecule has 2 rings (SSSR count). The predicted octanol–water partition coefficient (Wildman–Crippen LogP) is 1.44. The summed E-state index contributed by atoms with van der Waals surface area (Å²) in [5, 5.41) is 2.85. The largest absolute Gasteiger partial charge is 0.448 e. The molecule has 1 amide bonds. The van der Waals surface area contributed by atoms with Gasteiger partial charge in [-0.15, -0.1) is 0 Å². The van der Waals surface area contributed by atoms with Crippen molar-refractivity contribution in [3.8, 4) is 0 Å². The van der Waals surface area contributed by atoms with E-state index in [0.717, 1.165) is 12.1 Å². The van der Waals surface area contributed by atoms with Crippen LogP contribution in [0.2, 0.25) is 0 Å². The molecule has 0 bridgehead atoms. The van der Waals surface area contributed by atoms with Crippen LogP contribution in [0.1, 0.15) is 44.1 Å². The lowest BCUT2D eigenvalue weighted by molar-refractivity contribution is -0.126. The zero-order valence-electron chi connectivity index (χ0n) is 13.7. The van der Waals surface area contributed by atoms with Crippen molar-refractivity contribution in [3.05, 3.63) is 17.8 Å². The Hall–Kier alpha value is -1.41. The Bertz CT molecular complexity index is 618. The third kappa shape index (κ3) is 4.78. The van der Waals surface area contributed by atoms with Crippen LogP contribution in [0.5, 0.6) is 0 Å². The Labute approximate surface area is 137 Å². The number of sulfonamides is 1. The van der Waals surface area contributed by atoms with E-state index in [2.05, 4.69) is 10.3 Å². The van der Waals surface area contributed by atoms with E-state index in [-0.39, 0.29) is 17.6 Å². The maximum atomic E-state index is 12.2. The number of hydrogen-bond donors (Lipinski definition) is 1. The van der Waals surface area contributed by atoms with Gasteiger partial charge in [-0.05, 0) is 26.2 Å². The number of nitrogens with one attached hydrogen (secondary N) is 1. The van der Waals surface area contributed by atoms with Crippen molar-refractivity contribution in [1.29, 1.82) is 0 Å². The van der Waals surface area contributed by atoms with Gasteiger partial charge in [0.15, 0.2) is 6.39 Å². The molecule has 0 atom stereocenters. The molecule has 23 heavy (non-hydrogen) atoms. The summed E-state index contributed by atoms with van der Waals surface area (Å²) in [7, 11) is -3.17. The molecular weight excluding hydrogens is 318 g/mol. The molecule has 1 aliphatic heterocycles. The number of oxazole rings is 1. The van der Waals surface area contributed by atoms with Crippen LogP contribution in [0.15, 0.2) is 10.8 Å². The highest BCUT2D eigenvalue weighted by Gasteiger charge is 2.30. The Balaban J connectivity index is 1.79. The molecule has 1 aromatic rings. The molecule has 130 valence electrons. The van der Waals surface area contributed by atoms with Crippen LogP contribution in [-0.2, 0) is 21.4 Å². The summed E-state index contributed by atoms with van der Waals surface area (Å²) in [6.45, 7) is 4.97. The number of nitrogens with zero attached hydrogens (tertiary/aromatic N) is 2. The predicted molar refractivity (Wildman–Crippen MR) is 86.1 cm³/mol. The molecule has 0 aliphatic carbocycles. The maximum absolute atomic E-state index is 12.2. The number of rotatable bonds is 7. The maximum Gasteiger partial charge on any atom is 0.223 e. The average molecular weight is 343 g/mol. The second-order valence-electron chi connectivity index (χ2n) is 5.92. The van der Waals surface area contributed by atoms with Crippen LogP contribution >= 0.6 is 0 Å². The lowest BCUT2D eigenvalue weighted by Crippen LogP contribution is -2.43. The second-order valence-corrected chi connectivity index (χ2v) is 8.00. The lowest BCUT2D eigenvalue weighted by Gasteiger charge is -2.30. The van der Waals surface area contributed by atoms with E-state index in [1.54, 1.807) is 6.92 Å². The highest BCUT2D eigenvalue weighted by Crippen LogP contribution is 2.20. The number of aryl methyl sites for hydroxylation is 1. The molecule has 1 aromatic heterocycles. The van der Waals surface area contributed by atoms with E-state index in [4.69, 9.17) is 4.42 Å². The minimum atomic E-state index is -3.17. The molecule has 0 saturated carbocycles. The molecule has 1 saturated heterocycles. The van der Waals surface area contributed by atoms with Gasteiger partial charge in [0.2, 0.25) is 15.9 Å². The fraction of sp³-hybridized carbons (Fsp3) is 0.733. The van der Waals surface area contributed by atoms with Gasteiger partial charge in [-0.2, -0.15) is 0 Å². The third-order valence-corrected chi connectivity index (χ3v) is 6.20. The Kier molecular flexibility index (Phi) is 6.17. The number of hydrogen-bond acceptors (Lipinski definition) is 5. The molecule has 2 heterocycles. The number of amides is 1. The zero-order chi connectivity index (χ0) is 16.9. The van der Waals surface area contributed by atoms with Crippen LogP contribution in [0.4, 0.5) is 0 Å². The van der Waals surface area contributed by atoms with Gasteiger partial charge in [-0.1, -0.05) is 13.3 Å². The quantitative estimate of drug-likeness (QED) is 0.809. The minimum Gasteiger partial charge on any atom is -0.448 e. The fourth-order valence-corrected chi connectivity index (χ4v) is 4.34. The molecule has 1 fully saturated rings. The molecule has 0 unspecified atom stereocenters. The Morgan fingerprint density at radius 3 is 2.70 bits per heavy atom. The van der Waals surface area contributed by atoms with Crippen molar-refractivity contribution in [2.75, 3.05) is 18.8 Å². The number of aromatic nitrogens is 1. The van der Waals surface area contributed by atoms with Crippen molar-refractivity contribution in [2.45, 2.75) is 46.1 Å². The first-order valence-corrected chi connectivity index (χ1v) is 9.69. The van der Waals surface area contributed by atoms with Crippen LogP contribution in [0.25, 0.3) is 0 Å². The summed E-state index contributed by atoms with van der Waals surface area (Å²) in [5.74, 6) is 0.714. The van der Waals surface area contributed by atoms with E-state index in [0.29, 0.717) is 44.7 Å². The van der Waals surface area contributed by atoms with Crippen molar-refractivity contribution >= 4 is 15.9 Å². The van der Waals surface area contributed by atoms with Gasteiger partial charge in [-0.25, -0.2) is 17.7 Å². The second kappa shape index (κ2) is 7.92. The summed E-state index contributed by atoms with van der Waals surface area (Å²) in [6, 6.07) is 0. The van der Waals surface area contributed by atoms with Gasteiger partial charge in [0, 0.05) is 19.0 Å².